The lowest BCUT2D eigenvalue weighted by atomic mass is 9.93. The normalized spacial score (nSPS) is 20.2. The van der Waals surface area contributed by atoms with E-state index in [1.54, 1.807) is 0 Å². The highest BCUT2D eigenvalue weighted by Gasteiger charge is 2.63. The Balaban J connectivity index is 2.22. The van der Waals surface area contributed by atoms with Gasteiger partial charge in [-0.2, -0.15) is 40.2 Å². The monoisotopic (exact) mass is 414 g/mol. The topological polar surface area (TPSA) is 57.9 Å². The van der Waals surface area contributed by atoms with Gasteiger partial charge < -0.3 is 5.32 Å². The Morgan fingerprint density at radius 2 is 1.82 bits per heavy atom. The predicted molar refractivity (Wildman–Crippen MR) is 80.9 cm³/mol. The minimum absolute atomic E-state index is 0.427. The molecule has 28 heavy (non-hydrogen) atoms. The number of hydrogen-bond donors (Lipinski definition) is 2. The third-order valence-electron chi connectivity index (χ3n) is 3.86. The predicted octanol–water partition coefficient (Wildman–Crippen LogP) is 4.50. The first-order chi connectivity index (χ1) is 12.6. The third kappa shape index (κ3) is 3.85. The number of benzene rings is 1. The van der Waals surface area contributed by atoms with Gasteiger partial charge >= 0.3 is 18.3 Å². The summed E-state index contributed by atoms with van der Waals surface area (Å²) in [6.45, 7) is 7.69. The summed E-state index contributed by atoms with van der Waals surface area (Å²) >= 11 is 0. The van der Waals surface area contributed by atoms with Crippen LogP contribution in [0.3, 0.4) is 0 Å². The summed E-state index contributed by atoms with van der Waals surface area (Å²) in [7, 11) is 0. The number of halogens is 8. The van der Waals surface area contributed by atoms with E-state index in [4.69, 9.17) is 6.57 Å². The molecule has 1 unspecified atom stereocenters. The summed E-state index contributed by atoms with van der Waals surface area (Å²) in [4.78, 5) is 15.0. The number of amides is 1. The molecule has 1 atom stereocenters. The number of rotatable bonds is 3. The van der Waals surface area contributed by atoms with Crippen LogP contribution in [-0.4, -0.2) is 29.3 Å². The fourth-order valence-electron chi connectivity index (χ4n) is 2.29. The zero-order valence-electron chi connectivity index (χ0n) is 13.8. The molecule has 0 spiro atoms. The third-order valence-corrected chi connectivity index (χ3v) is 3.86. The molecule has 0 aromatic heterocycles. The van der Waals surface area contributed by atoms with Crippen molar-refractivity contribution in [3.63, 3.8) is 0 Å². The summed E-state index contributed by atoms with van der Waals surface area (Å²) in [6, 6.07) is 2.20. The van der Waals surface area contributed by atoms with Crippen molar-refractivity contribution < 1.29 is 39.9 Å². The van der Waals surface area contributed by atoms with E-state index in [-0.39, 0.29) is 0 Å². The van der Waals surface area contributed by atoms with Gasteiger partial charge in [-0.25, -0.2) is 4.85 Å². The van der Waals surface area contributed by atoms with Crippen LogP contribution in [0.25, 0.3) is 4.85 Å². The molecule has 0 aliphatic carbocycles. The average Bonchev–Trinajstić information content (AvgIpc) is 2.97. The van der Waals surface area contributed by atoms with Crippen molar-refractivity contribution in [3.05, 3.63) is 35.2 Å². The molecular weight excluding hydrogens is 404 g/mol. The second-order valence-corrected chi connectivity index (χ2v) is 6.05. The Hall–Kier alpha value is -2.91. The van der Waals surface area contributed by atoms with Crippen molar-refractivity contribution in [1.29, 1.82) is 0 Å². The van der Waals surface area contributed by atoms with E-state index < -0.39 is 58.8 Å². The fraction of sp³-hybridized carbons (Fsp3) is 0.400. The molecule has 13 heteroatoms. The van der Waals surface area contributed by atoms with Crippen molar-refractivity contribution in [3.8, 4) is 0 Å². The Labute approximate surface area is 152 Å². The Kier molecular flexibility index (Phi) is 5.05. The molecule has 0 fully saturated rings. The van der Waals surface area contributed by atoms with Gasteiger partial charge in [-0.3, -0.25) is 10.2 Å². The number of nitrogens with zero attached hydrogens (tertiary/aromatic N) is 2. The molecule has 1 aliphatic heterocycles. The van der Waals surface area contributed by atoms with Gasteiger partial charge in [0, 0.05) is 12.1 Å². The molecule has 152 valence electrons. The van der Waals surface area contributed by atoms with E-state index in [2.05, 4.69) is 9.95 Å². The molecule has 1 heterocycles. The van der Waals surface area contributed by atoms with Crippen LogP contribution >= 0.6 is 0 Å². The van der Waals surface area contributed by atoms with Gasteiger partial charge in [0.15, 0.2) is 5.69 Å². The highest BCUT2D eigenvalue weighted by molar-refractivity contribution is 6.05. The fourth-order valence-corrected chi connectivity index (χ4v) is 2.29. The first kappa shape index (κ1) is 21.4. The zero-order valence-corrected chi connectivity index (χ0v) is 13.8. The van der Waals surface area contributed by atoms with E-state index in [1.165, 1.54) is 0 Å². The lowest BCUT2D eigenvalue weighted by molar-refractivity contribution is -0.249. The molecule has 5 nitrogen and oxygen atoms in total. The standard InChI is InChI=1S/C15H10F8N4O/c1-12(6-10(26-27-12)13(16,17)15(21,22)23)11(28)25-7-3-4-9(24-2)8(5-7)14(18,19)20/h3-5,27H,6H2,1H3,(H,25,28). The summed E-state index contributed by atoms with van der Waals surface area (Å²) in [6.07, 6.45) is -12.0. The maximum Gasteiger partial charge on any atom is 0.459 e. The van der Waals surface area contributed by atoms with Crippen molar-refractivity contribution in [2.24, 2.45) is 5.10 Å². The molecule has 1 aromatic carbocycles. The minimum Gasteiger partial charge on any atom is -0.324 e. The highest BCUT2D eigenvalue weighted by atomic mass is 19.4. The Morgan fingerprint density at radius 3 is 2.32 bits per heavy atom. The summed E-state index contributed by atoms with van der Waals surface area (Å²) in [5.41, 5.74) is -4.31. The lowest BCUT2D eigenvalue weighted by Crippen LogP contribution is -2.50. The SMILES string of the molecule is [C-]#[N+]c1ccc(NC(=O)C2(C)CC(C(F)(F)C(F)(F)F)=NN2)cc1C(F)(F)F. The van der Waals surface area contributed by atoms with Crippen LogP contribution in [0.1, 0.15) is 18.9 Å². The smallest absolute Gasteiger partial charge is 0.324 e. The number of alkyl halides is 8. The van der Waals surface area contributed by atoms with Gasteiger partial charge in [0.05, 0.1) is 12.1 Å². The summed E-state index contributed by atoms with van der Waals surface area (Å²) in [5.74, 6) is -6.47. The van der Waals surface area contributed by atoms with Gasteiger partial charge in [-0.15, -0.1) is 0 Å². The maximum absolute atomic E-state index is 13.4. The molecule has 0 saturated heterocycles. The van der Waals surface area contributed by atoms with Gasteiger partial charge in [-0.1, -0.05) is 6.07 Å². The average molecular weight is 414 g/mol. The van der Waals surface area contributed by atoms with Gasteiger partial charge in [0.1, 0.15) is 11.3 Å². The molecule has 1 aromatic rings. The van der Waals surface area contributed by atoms with E-state index in [1.807, 2.05) is 10.7 Å². The summed E-state index contributed by atoms with van der Waals surface area (Å²) < 4.78 is 103. The lowest BCUT2D eigenvalue weighted by Gasteiger charge is -2.24. The number of hydrazone groups is 1. The van der Waals surface area contributed by atoms with Gasteiger partial charge in [0.25, 0.3) is 5.91 Å². The molecule has 1 aliphatic rings. The number of carbonyl (C=O) groups is 1. The van der Waals surface area contributed by atoms with Crippen LogP contribution in [0.5, 0.6) is 0 Å². The van der Waals surface area contributed by atoms with Crippen LogP contribution in [0.4, 0.5) is 46.5 Å². The van der Waals surface area contributed by atoms with E-state index in [0.29, 0.717) is 6.07 Å². The number of anilines is 1. The van der Waals surface area contributed by atoms with Crippen LogP contribution in [-0.2, 0) is 11.0 Å². The van der Waals surface area contributed by atoms with Crippen molar-refractivity contribution >= 4 is 23.0 Å². The largest absolute Gasteiger partial charge is 0.459 e. The number of hydrogen-bond acceptors (Lipinski definition) is 3. The molecule has 2 rings (SSSR count). The minimum atomic E-state index is -5.92. The first-order valence-corrected chi connectivity index (χ1v) is 7.31. The molecule has 2 N–H and O–H groups in total. The van der Waals surface area contributed by atoms with E-state index >= 15 is 0 Å². The molecular formula is C15H10F8N4O. The maximum atomic E-state index is 13.4. The molecule has 1 amide bonds. The quantitative estimate of drug-likeness (QED) is 0.565. The number of carbonyl (C=O) groups excluding carboxylic acids is 1. The van der Waals surface area contributed by atoms with E-state index in [9.17, 15) is 39.9 Å². The van der Waals surface area contributed by atoms with Gasteiger partial charge in [0.2, 0.25) is 0 Å². The second kappa shape index (κ2) is 6.61. The van der Waals surface area contributed by atoms with Crippen LogP contribution < -0.4 is 10.7 Å². The van der Waals surface area contributed by atoms with Crippen LogP contribution in [0.15, 0.2) is 23.3 Å². The first-order valence-electron chi connectivity index (χ1n) is 7.31. The zero-order chi connectivity index (χ0) is 21.5. The van der Waals surface area contributed by atoms with Crippen molar-refractivity contribution in [2.75, 3.05) is 5.32 Å². The molecule has 0 radical (unpaired) electrons. The second-order valence-electron chi connectivity index (χ2n) is 6.05. The van der Waals surface area contributed by atoms with E-state index in [0.717, 1.165) is 19.1 Å². The Morgan fingerprint density at radius 1 is 1.21 bits per heavy atom. The van der Waals surface area contributed by atoms with Crippen LogP contribution in [0, 0.1) is 6.57 Å². The van der Waals surface area contributed by atoms with Gasteiger partial charge in [-0.05, 0) is 19.1 Å². The highest BCUT2D eigenvalue weighted by Crippen LogP contribution is 2.41. The van der Waals surface area contributed by atoms with Crippen molar-refractivity contribution in [1.82, 2.24) is 5.43 Å². The summed E-state index contributed by atoms with van der Waals surface area (Å²) in [5, 5.41) is 4.89. The molecule has 0 saturated carbocycles. The number of nitrogens with one attached hydrogen (secondary N) is 2. The Bertz CT molecular complexity index is 868. The molecule has 0 bridgehead atoms. The van der Waals surface area contributed by atoms with Crippen LogP contribution in [0.2, 0.25) is 0 Å². The van der Waals surface area contributed by atoms with Crippen molar-refractivity contribution in [2.45, 2.75) is 37.2 Å².